The summed E-state index contributed by atoms with van der Waals surface area (Å²) in [5.74, 6) is 0.710. The van der Waals surface area contributed by atoms with Gasteiger partial charge < -0.3 is 9.47 Å². The number of hydrogen-bond acceptors (Lipinski definition) is 4. The Labute approximate surface area is 106 Å². The van der Waals surface area contributed by atoms with Gasteiger partial charge in [0.25, 0.3) is 0 Å². The zero-order valence-corrected chi connectivity index (χ0v) is 11.1. The normalized spacial score (nSPS) is 11.4. The topological polar surface area (TPSA) is 52.6 Å². The maximum Gasteiger partial charge on any atom is 0.232 e. The number of rotatable bonds is 7. The molecule has 1 aromatic rings. The largest absolute Gasteiger partial charge is 0.497 e. The van der Waals surface area contributed by atoms with Gasteiger partial charge in [0.15, 0.2) is 0 Å². The average Bonchev–Trinajstić information content (AvgIpc) is 2.27. The molecule has 0 N–H and O–H groups in total. The third-order valence-electron chi connectivity index (χ3n) is 2.08. The van der Waals surface area contributed by atoms with Crippen molar-refractivity contribution in [2.24, 2.45) is 0 Å². The summed E-state index contributed by atoms with van der Waals surface area (Å²) in [6.07, 6.45) is 0.399. The van der Waals surface area contributed by atoms with Gasteiger partial charge in [0, 0.05) is 17.3 Å². The van der Waals surface area contributed by atoms with Crippen molar-refractivity contribution in [3.05, 3.63) is 29.8 Å². The summed E-state index contributed by atoms with van der Waals surface area (Å²) >= 11 is 0. The van der Waals surface area contributed by atoms with Crippen LogP contribution < -0.4 is 4.74 Å². The summed E-state index contributed by atoms with van der Waals surface area (Å²) in [7, 11) is 3.26. The third-order valence-corrected chi connectivity index (χ3v) is 3.32. The van der Waals surface area contributed by atoms with Crippen molar-refractivity contribution in [3.8, 4) is 5.75 Å². The summed E-state index contributed by atoms with van der Waals surface area (Å²) < 4.78 is 31.7. The minimum atomic E-state index is -3.41. The van der Waals surface area contributed by atoms with Gasteiger partial charge in [0.1, 0.15) is 5.75 Å². The van der Waals surface area contributed by atoms with Crippen molar-refractivity contribution in [2.45, 2.75) is 13.0 Å². The molecule has 0 bridgehead atoms. The second-order valence-corrected chi connectivity index (χ2v) is 6.40. The molecular formula is C11H15ClO4S. The standard InChI is InChI=1S/C11H15ClO4S/c1-15-11-5-2-4-10(8-11)9-16-6-3-7-17(12,13)14/h2,4-5,8H,3,6-7,9H2,1H3. The van der Waals surface area contributed by atoms with E-state index < -0.39 is 9.05 Å². The monoisotopic (exact) mass is 278 g/mol. The van der Waals surface area contributed by atoms with Gasteiger partial charge in [-0.3, -0.25) is 0 Å². The Kier molecular flexibility index (Phi) is 5.74. The van der Waals surface area contributed by atoms with Gasteiger partial charge in [-0.05, 0) is 24.1 Å². The zero-order valence-electron chi connectivity index (χ0n) is 9.56. The van der Waals surface area contributed by atoms with E-state index in [2.05, 4.69) is 0 Å². The van der Waals surface area contributed by atoms with Crippen LogP contribution in [0.4, 0.5) is 0 Å². The van der Waals surface area contributed by atoms with E-state index in [0.29, 0.717) is 19.6 Å². The highest BCUT2D eigenvalue weighted by Crippen LogP contribution is 2.13. The fourth-order valence-corrected chi connectivity index (χ4v) is 2.08. The molecule has 0 fully saturated rings. The summed E-state index contributed by atoms with van der Waals surface area (Å²) in [6, 6.07) is 7.52. The smallest absolute Gasteiger partial charge is 0.232 e. The van der Waals surface area contributed by atoms with E-state index in [1.165, 1.54) is 0 Å². The summed E-state index contributed by atoms with van der Waals surface area (Å²) in [5, 5.41) is 0. The minimum absolute atomic E-state index is 0.0628. The van der Waals surface area contributed by atoms with Gasteiger partial charge in [0.05, 0.1) is 19.5 Å². The molecule has 17 heavy (non-hydrogen) atoms. The summed E-state index contributed by atoms with van der Waals surface area (Å²) in [5.41, 5.74) is 0.984. The molecule has 0 radical (unpaired) electrons. The SMILES string of the molecule is COc1cccc(COCCCS(=O)(=O)Cl)c1. The van der Waals surface area contributed by atoms with Gasteiger partial charge in [-0.15, -0.1) is 0 Å². The second kappa shape index (κ2) is 6.83. The van der Waals surface area contributed by atoms with E-state index in [0.717, 1.165) is 11.3 Å². The first kappa shape index (κ1) is 14.3. The minimum Gasteiger partial charge on any atom is -0.497 e. The Bertz CT molecular complexity index is 445. The molecule has 96 valence electrons. The van der Waals surface area contributed by atoms with Crippen LogP contribution >= 0.6 is 10.7 Å². The lowest BCUT2D eigenvalue weighted by molar-refractivity contribution is 0.122. The number of methoxy groups -OCH3 is 1. The molecule has 0 heterocycles. The average molecular weight is 279 g/mol. The molecule has 0 unspecified atom stereocenters. The lowest BCUT2D eigenvalue weighted by Crippen LogP contribution is -2.03. The van der Waals surface area contributed by atoms with Crippen LogP contribution in [0.25, 0.3) is 0 Å². The van der Waals surface area contributed by atoms with Gasteiger partial charge in [-0.25, -0.2) is 8.42 Å². The van der Waals surface area contributed by atoms with E-state index in [-0.39, 0.29) is 5.75 Å². The van der Waals surface area contributed by atoms with Crippen molar-refractivity contribution in [2.75, 3.05) is 19.5 Å². The highest BCUT2D eigenvalue weighted by atomic mass is 35.7. The molecule has 0 aliphatic heterocycles. The van der Waals surface area contributed by atoms with Crippen LogP contribution in [-0.4, -0.2) is 27.9 Å². The van der Waals surface area contributed by atoms with E-state index in [4.69, 9.17) is 20.2 Å². The predicted octanol–water partition coefficient (Wildman–Crippen LogP) is 2.17. The second-order valence-electron chi connectivity index (χ2n) is 3.50. The van der Waals surface area contributed by atoms with Crippen molar-refractivity contribution in [1.29, 1.82) is 0 Å². The molecule has 0 aliphatic carbocycles. The molecule has 6 heteroatoms. The Hall–Kier alpha value is -0.780. The first-order valence-corrected chi connectivity index (χ1v) is 7.62. The van der Waals surface area contributed by atoms with Gasteiger partial charge in [0.2, 0.25) is 9.05 Å². The third kappa shape index (κ3) is 6.51. The van der Waals surface area contributed by atoms with Gasteiger partial charge in [-0.1, -0.05) is 12.1 Å². The Morgan fingerprint density at radius 1 is 1.35 bits per heavy atom. The maximum atomic E-state index is 10.6. The maximum absolute atomic E-state index is 10.6. The van der Waals surface area contributed by atoms with Crippen molar-refractivity contribution < 1.29 is 17.9 Å². The van der Waals surface area contributed by atoms with Crippen molar-refractivity contribution in [3.63, 3.8) is 0 Å². The molecule has 0 saturated carbocycles. The number of halogens is 1. The Morgan fingerprint density at radius 3 is 2.76 bits per heavy atom. The molecule has 0 aromatic heterocycles. The van der Waals surface area contributed by atoms with Crippen LogP contribution in [0.1, 0.15) is 12.0 Å². The van der Waals surface area contributed by atoms with Crippen LogP contribution in [-0.2, 0) is 20.4 Å². The van der Waals surface area contributed by atoms with E-state index >= 15 is 0 Å². The van der Waals surface area contributed by atoms with Crippen molar-refractivity contribution >= 4 is 19.7 Å². The first-order valence-electron chi connectivity index (χ1n) is 5.14. The number of ether oxygens (including phenoxy) is 2. The van der Waals surface area contributed by atoms with E-state index in [1.807, 2.05) is 24.3 Å². The van der Waals surface area contributed by atoms with Crippen LogP contribution in [0.2, 0.25) is 0 Å². The molecule has 0 aliphatic rings. The quantitative estimate of drug-likeness (QED) is 0.567. The molecule has 0 saturated heterocycles. The zero-order chi connectivity index (χ0) is 12.7. The summed E-state index contributed by atoms with van der Waals surface area (Å²) in [4.78, 5) is 0. The fourth-order valence-electron chi connectivity index (χ4n) is 1.29. The van der Waals surface area contributed by atoms with E-state index in [9.17, 15) is 8.42 Å². The Balaban J connectivity index is 2.26. The lowest BCUT2D eigenvalue weighted by atomic mass is 10.2. The number of benzene rings is 1. The predicted molar refractivity (Wildman–Crippen MR) is 66.9 cm³/mol. The van der Waals surface area contributed by atoms with Crippen LogP contribution in [0, 0.1) is 0 Å². The molecule has 0 atom stereocenters. The molecule has 0 spiro atoms. The molecule has 4 nitrogen and oxygen atoms in total. The van der Waals surface area contributed by atoms with Crippen LogP contribution in [0.3, 0.4) is 0 Å². The molecule has 1 aromatic carbocycles. The molecular weight excluding hydrogens is 264 g/mol. The fraction of sp³-hybridized carbons (Fsp3) is 0.455. The molecule has 0 amide bonds. The number of hydrogen-bond donors (Lipinski definition) is 0. The first-order chi connectivity index (χ1) is 8.01. The summed E-state index contributed by atoms with van der Waals surface area (Å²) in [6.45, 7) is 0.794. The van der Waals surface area contributed by atoms with Crippen LogP contribution in [0.5, 0.6) is 5.75 Å². The van der Waals surface area contributed by atoms with Crippen molar-refractivity contribution in [1.82, 2.24) is 0 Å². The Morgan fingerprint density at radius 2 is 2.12 bits per heavy atom. The van der Waals surface area contributed by atoms with Crippen LogP contribution in [0.15, 0.2) is 24.3 Å². The highest BCUT2D eigenvalue weighted by molar-refractivity contribution is 8.13. The van der Waals surface area contributed by atoms with E-state index in [1.54, 1.807) is 7.11 Å². The lowest BCUT2D eigenvalue weighted by Gasteiger charge is -2.05. The molecule has 1 rings (SSSR count). The van der Waals surface area contributed by atoms with Gasteiger partial charge >= 0.3 is 0 Å². The highest BCUT2D eigenvalue weighted by Gasteiger charge is 2.04. The van der Waals surface area contributed by atoms with Gasteiger partial charge in [-0.2, -0.15) is 0 Å².